The molecule has 1 saturated heterocycles. The van der Waals surface area contributed by atoms with Gasteiger partial charge < -0.3 is 9.47 Å². The summed E-state index contributed by atoms with van der Waals surface area (Å²) >= 11 is 0. The summed E-state index contributed by atoms with van der Waals surface area (Å²) in [5.41, 5.74) is 1.18. The van der Waals surface area contributed by atoms with E-state index in [-0.39, 0.29) is 0 Å². The largest absolute Gasteiger partial charge is 0.495 e. The molecule has 0 aromatic carbocycles. The van der Waals surface area contributed by atoms with E-state index in [9.17, 15) is 0 Å². The number of epoxide rings is 1. The maximum Gasteiger partial charge on any atom is 0.116 e. The van der Waals surface area contributed by atoms with Crippen LogP contribution in [0.2, 0.25) is 0 Å². The van der Waals surface area contributed by atoms with Crippen LogP contribution in [-0.2, 0) is 9.47 Å². The lowest BCUT2D eigenvalue weighted by molar-refractivity contribution is 0.182. The van der Waals surface area contributed by atoms with Crippen LogP contribution in [0.4, 0.5) is 0 Å². The minimum Gasteiger partial charge on any atom is -0.495 e. The first-order chi connectivity index (χ1) is 5.74. The summed E-state index contributed by atoms with van der Waals surface area (Å²) in [6.07, 6.45) is 4.40. The number of hydrogen-bond acceptors (Lipinski definition) is 2. The maximum absolute atomic E-state index is 5.48. The Hall–Kier alpha value is -0.760. The lowest BCUT2D eigenvalue weighted by atomic mass is 10.2. The number of ether oxygens (including phenoxy) is 2. The van der Waals surface area contributed by atoms with Crippen LogP contribution >= 0.6 is 0 Å². The highest BCUT2D eigenvalue weighted by molar-refractivity contribution is 5.18. The number of allylic oxidation sites excluding steroid dienone is 4. The van der Waals surface area contributed by atoms with Gasteiger partial charge in [0.05, 0.1) is 12.4 Å². The molecule has 0 aliphatic carbocycles. The third-order valence-corrected chi connectivity index (χ3v) is 1.86. The zero-order valence-corrected chi connectivity index (χ0v) is 7.96. The van der Waals surface area contributed by atoms with Gasteiger partial charge >= 0.3 is 0 Å². The van der Waals surface area contributed by atoms with E-state index in [2.05, 4.69) is 0 Å². The molecule has 2 nitrogen and oxygen atoms in total. The molecule has 1 aliphatic heterocycles. The van der Waals surface area contributed by atoms with Crippen LogP contribution in [0.1, 0.15) is 20.8 Å². The van der Waals surface area contributed by atoms with Gasteiger partial charge in [0.1, 0.15) is 12.7 Å². The summed E-state index contributed by atoms with van der Waals surface area (Å²) in [4.78, 5) is 0. The fourth-order valence-electron chi connectivity index (χ4n) is 0.863. The van der Waals surface area contributed by atoms with Gasteiger partial charge in [0.15, 0.2) is 0 Å². The van der Waals surface area contributed by atoms with E-state index in [1.807, 2.05) is 32.9 Å². The maximum atomic E-state index is 5.48. The Balaban J connectivity index is 2.31. The van der Waals surface area contributed by atoms with E-state index in [4.69, 9.17) is 9.47 Å². The Kier molecular flexibility index (Phi) is 3.35. The van der Waals surface area contributed by atoms with E-state index < -0.39 is 0 Å². The van der Waals surface area contributed by atoms with Crippen molar-refractivity contribution in [2.45, 2.75) is 26.9 Å². The van der Waals surface area contributed by atoms with E-state index in [1.165, 1.54) is 5.57 Å². The Morgan fingerprint density at radius 1 is 1.58 bits per heavy atom. The number of hydrogen-bond donors (Lipinski definition) is 0. The quantitative estimate of drug-likeness (QED) is 0.365. The summed E-state index contributed by atoms with van der Waals surface area (Å²) in [6.45, 7) is 7.58. The average Bonchev–Trinajstić information content (AvgIpc) is 2.83. The van der Waals surface area contributed by atoms with Crippen molar-refractivity contribution >= 4 is 0 Å². The molecule has 0 N–H and O–H groups in total. The Bertz CT molecular complexity index is 200. The molecule has 0 bridgehead atoms. The van der Waals surface area contributed by atoms with E-state index in [0.29, 0.717) is 12.7 Å². The van der Waals surface area contributed by atoms with Crippen LogP contribution in [0, 0.1) is 0 Å². The first-order valence-corrected chi connectivity index (χ1v) is 4.28. The van der Waals surface area contributed by atoms with Crippen molar-refractivity contribution in [3.8, 4) is 0 Å². The average molecular weight is 168 g/mol. The highest BCUT2D eigenvalue weighted by atomic mass is 16.6. The molecular formula is C10H16O2. The summed E-state index contributed by atoms with van der Waals surface area (Å²) < 4.78 is 10.5. The topological polar surface area (TPSA) is 21.8 Å². The van der Waals surface area contributed by atoms with Gasteiger partial charge in [-0.05, 0) is 26.3 Å². The molecule has 0 aromatic rings. The van der Waals surface area contributed by atoms with Gasteiger partial charge in [-0.25, -0.2) is 0 Å². The van der Waals surface area contributed by atoms with Gasteiger partial charge in [-0.1, -0.05) is 12.2 Å². The normalized spacial score (nSPS) is 24.1. The van der Waals surface area contributed by atoms with Gasteiger partial charge in [-0.3, -0.25) is 0 Å². The molecule has 1 unspecified atom stereocenters. The van der Waals surface area contributed by atoms with Gasteiger partial charge in [0, 0.05) is 0 Å². The molecule has 0 saturated carbocycles. The molecule has 1 heterocycles. The minimum absolute atomic E-state index is 0.346. The fraction of sp³-hybridized carbons (Fsp3) is 0.600. The molecule has 2 heteroatoms. The van der Waals surface area contributed by atoms with Crippen molar-refractivity contribution in [1.29, 1.82) is 0 Å². The molecule has 0 amide bonds. The van der Waals surface area contributed by atoms with Crippen molar-refractivity contribution in [2.24, 2.45) is 0 Å². The van der Waals surface area contributed by atoms with Crippen molar-refractivity contribution in [3.63, 3.8) is 0 Å². The fourth-order valence-corrected chi connectivity index (χ4v) is 0.863. The molecule has 0 spiro atoms. The van der Waals surface area contributed by atoms with Crippen LogP contribution < -0.4 is 0 Å². The molecule has 1 atom stereocenters. The monoisotopic (exact) mass is 168 g/mol. The van der Waals surface area contributed by atoms with Crippen molar-refractivity contribution in [3.05, 3.63) is 23.5 Å². The van der Waals surface area contributed by atoms with Crippen molar-refractivity contribution in [1.82, 2.24) is 0 Å². The Morgan fingerprint density at radius 2 is 2.25 bits per heavy atom. The van der Waals surface area contributed by atoms with E-state index in [0.717, 1.165) is 12.4 Å². The lowest BCUT2D eigenvalue weighted by Crippen LogP contribution is -2.00. The SMILES string of the molecule is CC=CC(C)=C(C)OCC1CO1. The zero-order valence-electron chi connectivity index (χ0n) is 7.96. The lowest BCUT2D eigenvalue weighted by Gasteiger charge is -2.05. The van der Waals surface area contributed by atoms with Gasteiger partial charge in [-0.15, -0.1) is 0 Å². The van der Waals surface area contributed by atoms with Crippen molar-refractivity contribution < 1.29 is 9.47 Å². The Morgan fingerprint density at radius 3 is 2.75 bits per heavy atom. The van der Waals surface area contributed by atoms with Crippen LogP contribution in [0.3, 0.4) is 0 Å². The van der Waals surface area contributed by atoms with Crippen LogP contribution in [0.5, 0.6) is 0 Å². The molecule has 0 radical (unpaired) electrons. The van der Waals surface area contributed by atoms with E-state index >= 15 is 0 Å². The van der Waals surface area contributed by atoms with Crippen LogP contribution in [-0.4, -0.2) is 19.3 Å². The summed E-state index contributed by atoms with van der Waals surface area (Å²) in [5.74, 6) is 0.989. The van der Waals surface area contributed by atoms with Crippen molar-refractivity contribution in [2.75, 3.05) is 13.2 Å². The third kappa shape index (κ3) is 3.09. The Labute approximate surface area is 73.9 Å². The first kappa shape index (κ1) is 9.33. The summed E-state index contributed by atoms with van der Waals surface area (Å²) in [7, 11) is 0. The highest BCUT2D eigenvalue weighted by Gasteiger charge is 2.22. The van der Waals surface area contributed by atoms with Gasteiger partial charge in [0.25, 0.3) is 0 Å². The minimum atomic E-state index is 0.346. The summed E-state index contributed by atoms with van der Waals surface area (Å²) in [6, 6.07) is 0. The van der Waals surface area contributed by atoms with E-state index in [1.54, 1.807) is 0 Å². The second-order valence-electron chi connectivity index (χ2n) is 3.01. The van der Waals surface area contributed by atoms with Gasteiger partial charge in [-0.2, -0.15) is 0 Å². The smallest absolute Gasteiger partial charge is 0.116 e. The molecule has 1 rings (SSSR count). The predicted molar refractivity (Wildman–Crippen MR) is 48.9 cm³/mol. The second-order valence-corrected chi connectivity index (χ2v) is 3.01. The molecule has 1 aliphatic rings. The predicted octanol–water partition coefficient (Wildman–Crippen LogP) is 2.27. The molecule has 1 fully saturated rings. The van der Waals surface area contributed by atoms with Gasteiger partial charge in [0.2, 0.25) is 0 Å². The second kappa shape index (κ2) is 4.31. The molecule has 0 aromatic heterocycles. The third-order valence-electron chi connectivity index (χ3n) is 1.86. The zero-order chi connectivity index (χ0) is 8.97. The molecule has 68 valence electrons. The highest BCUT2D eigenvalue weighted by Crippen LogP contribution is 2.13. The molecule has 12 heavy (non-hydrogen) atoms. The van der Waals surface area contributed by atoms with Crippen LogP contribution in [0.25, 0.3) is 0 Å². The van der Waals surface area contributed by atoms with Crippen LogP contribution in [0.15, 0.2) is 23.5 Å². The summed E-state index contributed by atoms with van der Waals surface area (Å²) in [5, 5.41) is 0. The molecular weight excluding hydrogens is 152 g/mol. The first-order valence-electron chi connectivity index (χ1n) is 4.28. The number of rotatable bonds is 4. The standard InChI is InChI=1S/C10H16O2/c1-4-5-8(2)9(3)11-6-10-7-12-10/h4-5,10H,6-7H2,1-3H3.